The molecule has 3 saturated carbocycles. The summed E-state index contributed by atoms with van der Waals surface area (Å²) in [5, 5.41) is 0. The zero-order valence-corrected chi connectivity index (χ0v) is 11.6. The van der Waals surface area contributed by atoms with E-state index in [9.17, 15) is 0 Å². The molecule has 3 rings (SSSR count). The Morgan fingerprint density at radius 1 is 0.875 bits per heavy atom. The highest BCUT2D eigenvalue weighted by Gasteiger charge is 2.70. The quantitative estimate of drug-likeness (QED) is 0.537. The Kier molecular flexibility index (Phi) is 2.12. The van der Waals surface area contributed by atoms with Gasteiger partial charge >= 0.3 is 0 Å². The van der Waals surface area contributed by atoms with Gasteiger partial charge in [0, 0.05) is 0 Å². The Bertz CT molecular complexity index is 295. The van der Waals surface area contributed by atoms with E-state index in [0.29, 0.717) is 10.8 Å². The first-order valence-electron chi connectivity index (χ1n) is 7.45. The summed E-state index contributed by atoms with van der Waals surface area (Å²) in [6, 6.07) is 0. The SMILES string of the molecule is CC1C2(CCCCC2)C2CCC1(C)C2(C)C. The smallest absolute Gasteiger partial charge is 0.0233 e. The van der Waals surface area contributed by atoms with Crippen LogP contribution in [0.5, 0.6) is 0 Å². The largest absolute Gasteiger partial charge is 0.0614 e. The lowest BCUT2D eigenvalue weighted by Gasteiger charge is -2.48. The number of hydrogen-bond acceptors (Lipinski definition) is 0. The van der Waals surface area contributed by atoms with Gasteiger partial charge in [-0.3, -0.25) is 0 Å². The monoisotopic (exact) mass is 220 g/mol. The third-order valence-electron chi connectivity index (χ3n) is 7.59. The average molecular weight is 220 g/mol. The lowest BCUT2D eigenvalue weighted by Crippen LogP contribution is -2.39. The molecule has 3 fully saturated rings. The van der Waals surface area contributed by atoms with E-state index in [1.54, 1.807) is 0 Å². The molecule has 0 radical (unpaired) electrons. The van der Waals surface area contributed by atoms with Crippen LogP contribution in [0.1, 0.15) is 72.6 Å². The number of fused-ring (bicyclic) bond motifs is 3. The van der Waals surface area contributed by atoms with Crippen molar-refractivity contribution in [2.45, 2.75) is 72.6 Å². The molecule has 0 saturated heterocycles. The highest BCUT2D eigenvalue weighted by Crippen LogP contribution is 2.77. The van der Waals surface area contributed by atoms with Crippen molar-refractivity contribution in [2.75, 3.05) is 0 Å². The Hall–Kier alpha value is 0. The second-order valence-corrected chi connectivity index (χ2v) is 7.75. The molecule has 0 nitrogen and oxygen atoms in total. The van der Waals surface area contributed by atoms with Gasteiger partial charge in [0.1, 0.15) is 0 Å². The Labute approximate surface area is 101 Å². The van der Waals surface area contributed by atoms with E-state index in [0.717, 1.165) is 17.3 Å². The Morgan fingerprint density at radius 2 is 1.50 bits per heavy atom. The third kappa shape index (κ3) is 0.985. The van der Waals surface area contributed by atoms with Crippen LogP contribution in [0.4, 0.5) is 0 Å². The summed E-state index contributed by atoms with van der Waals surface area (Å²) >= 11 is 0. The standard InChI is InChI=1S/C16H28/c1-12-15(4)11-8-13(14(15,2)3)16(12)9-6-5-7-10-16/h12-13H,5-11H2,1-4H3. The molecule has 0 heteroatoms. The fourth-order valence-electron chi connectivity index (χ4n) is 6.23. The molecular formula is C16H28. The summed E-state index contributed by atoms with van der Waals surface area (Å²) in [5.74, 6) is 1.99. The van der Waals surface area contributed by atoms with E-state index < -0.39 is 0 Å². The Morgan fingerprint density at radius 3 is 2.00 bits per heavy atom. The zero-order chi connectivity index (χ0) is 11.6. The Balaban J connectivity index is 2.04. The fraction of sp³-hybridized carbons (Fsp3) is 1.00. The van der Waals surface area contributed by atoms with Gasteiger partial charge in [-0.15, -0.1) is 0 Å². The lowest BCUT2D eigenvalue weighted by atomic mass is 9.57. The van der Waals surface area contributed by atoms with Crippen LogP contribution in [0.25, 0.3) is 0 Å². The minimum absolute atomic E-state index is 0.601. The van der Waals surface area contributed by atoms with Gasteiger partial charge in [0.15, 0.2) is 0 Å². The third-order valence-corrected chi connectivity index (χ3v) is 7.59. The molecular weight excluding hydrogens is 192 g/mol. The molecule has 3 unspecified atom stereocenters. The predicted molar refractivity (Wildman–Crippen MR) is 69.3 cm³/mol. The van der Waals surface area contributed by atoms with Gasteiger partial charge in [-0.1, -0.05) is 47.0 Å². The molecule has 0 aromatic carbocycles. The van der Waals surface area contributed by atoms with Crippen LogP contribution in [0.15, 0.2) is 0 Å². The average Bonchev–Trinajstić information content (AvgIpc) is 2.55. The lowest BCUT2D eigenvalue weighted by molar-refractivity contribution is 0.0173. The summed E-state index contributed by atoms with van der Waals surface area (Å²) < 4.78 is 0. The van der Waals surface area contributed by atoms with E-state index in [4.69, 9.17) is 0 Å². The van der Waals surface area contributed by atoms with Crippen molar-refractivity contribution in [3.63, 3.8) is 0 Å². The van der Waals surface area contributed by atoms with Gasteiger partial charge in [-0.2, -0.15) is 0 Å². The van der Waals surface area contributed by atoms with E-state index in [2.05, 4.69) is 27.7 Å². The predicted octanol–water partition coefficient (Wildman–Crippen LogP) is 5.03. The molecule has 3 aliphatic carbocycles. The van der Waals surface area contributed by atoms with Gasteiger partial charge in [0.05, 0.1) is 0 Å². The van der Waals surface area contributed by atoms with E-state index in [1.165, 1.54) is 44.9 Å². The number of rotatable bonds is 0. The van der Waals surface area contributed by atoms with Gasteiger partial charge < -0.3 is 0 Å². The highest BCUT2D eigenvalue weighted by molar-refractivity contribution is 5.18. The van der Waals surface area contributed by atoms with Gasteiger partial charge in [-0.05, 0) is 53.8 Å². The van der Waals surface area contributed by atoms with Crippen molar-refractivity contribution in [1.29, 1.82) is 0 Å². The molecule has 2 bridgehead atoms. The minimum Gasteiger partial charge on any atom is -0.0614 e. The number of hydrogen-bond donors (Lipinski definition) is 0. The molecule has 0 aromatic rings. The topological polar surface area (TPSA) is 0 Å². The van der Waals surface area contributed by atoms with Crippen LogP contribution in [-0.2, 0) is 0 Å². The van der Waals surface area contributed by atoms with Crippen LogP contribution in [0.3, 0.4) is 0 Å². The van der Waals surface area contributed by atoms with E-state index >= 15 is 0 Å². The maximum absolute atomic E-state index is 2.60. The molecule has 0 N–H and O–H groups in total. The van der Waals surface area contributed by atoms with Crippen molar-refractivity contribution in [2.24, 2.45) is 28.1 Å². The summed E-state index contributed by atoms with van der Waals surface area (Å²) in [5.41, 5.74) is 1.98. The summed E-state index contributed by atoms with van der Waals surface area (Å²) in [6.07, 6.45) is 10.6. The van der Waals surface area contributed by atoms with Gasteiger partial charge in [-0.25, -0.2) is 0 Å². The van der Waals surface area contributed by atoms with E-state index in [1.807, 2.05) is 0 Å². The van der Waals surface area contributed by atoms with Crippen LogP contribution in [0.2, 0.25) is 0 Å². The first-order valence-corrected chi connectivity index (χ1v) is 7.45. The second kappa shape index (κ2) is 3.06. The molecule has 0 heterocycles. The molecule has 1 spiro atoms. The van der Waals surface area contributed by atoms with Crippen molar-refractivity contribution in [1.82, 2.24) is 0 Å². The first-order chi connectivity index (χ1) is 7.45. The maximum Gasteiger partial charge on any atom is -0.0233 e. The summed E-state index contributed by atoms with van der Waals surface area (Å²) in [4.78, 5) is 0. The molecule has 0 aromatic heterocycles. The molecule has 0 amide bonds. The van der Waals surface area contributed by atoms with Crippen LogP contribution in [0, 0.1) is 28.1 Å². The van der Waals surface area contributed by atoms with Crippen molar-refractivity contribution < 1.29 is 0 Å². The van der Waals surface area contributed by atoms with Crippen LogP contribution in [-0.4, -0.2) is 0 Å². The van der Waals surface area contributed by atoms with Crippen molar-refractivity contribution in [3.8, 4) is 0 Å². The maximum atomic E-state index is 2.60. The molecule has 3 atom stereocenters. The molecule has 16 heavy (non-hydrogen) atoms. The second-order valence-electron chi connectivity index (χ2n) is 7.75. The molecule has 92 valence electrons. The highest BCUT2D eigenvalue weighted by atomic mass is 14.7. The molecule has 3 aliphatic rings. The van der Waals surface area contributed by atoms with Crippen molar-refractivity contribution in [3.05, 3.63) is 0 Å². The fourth-order valence-corrected chi connectivity index (χ4v) is 6.23. The minimum atomic E-state index is 0.601. The van der Waals surface area contributed by atoms with Crippen molar-refractivity contribution >= 4 is 0 Å². The van der Waals surface area contributed by atoms with Gasteiger partial charge in [0.25, 0.3) is 0 Å². The zero-order valence-electron chi connectivity index (χ0n) is 11.6. The van der Waals surface area contributed by atoms with Gasteiger partial charge in [0.2, 0.25) is 0 Å². The summed E-state index contributed by atoms with van der Waals surface area (Å²) in [6.45, 7) is 10.3. The normalized spacial score (nSPS) is 48.8. The van der Waals surface area contributed by atoms with E-state index in [-0.39, 0.29) is 0 Å². The molecule has 0 aliphatic heterocycles. The first kappa shape index (κ1) is 11.1. The summed E-state index contributed by atoms with van der Waals surface area (Å²) in [7, 11) is 0. The van der Waals surface area contributed by atoms with Crippen LogP contribution >= 0.6 is 0 Å². The van der Waals surface area contributed by atoms with Crippen LogP contribution < -0.4 is 0 Å².